The second-order valence-corrected chi connectivity index (χ2v) is 3.96. The third-order valence-electron chi connectivity index (χ3n) is 2.63. The third-order valence-corrected chi connectivity index (χ3v) is 2.63. The van der Waals surface area contributed by atoms with E-state index in [9.17, 15) is 10.1 Å². The second-order valence-electron chi connectivity index (χ2n) is 3.96. The van der Waals surface area contributed by atoms with E-state index >= 15 is 0 Å². The number of benzene rings is 1. The molecule has 1 N–H and O–H groups in total. The van der Waals surface area contributed by atoms with Crippen LogP contribution in [0.3, 0.4) is 0 Å². The molecule has 6 heteroatoms. The van der Waals surface area contributed by atoms with Gasteiger partial charge < -0.3 is 14.5 Å². The predicted molar refractivity (Wildman–Crippen MR) is 69.9 cm³/mol. The number of hydrogen-bond acceptors (Lipinski definition) is 5. The average Bonchev–Trinajstić information content (AvgIpc) is 2.91. The molecule has 0 aliphatic heterocycles. The van der Waals surface area contributed by atoms with Gasteiger partial charge in [-0.05, 0) is 24.3 Å². The summed E-state index contributed by atoms with van der Waals surface area (Å²) in [7, 11) is 1.57. The third kappa shape index (κ3) is 3.48. The SMILES string of the molecule is COc1cccc(NC(C[N+](=O)[O-])c2ccco2)c1. The average molecular weight is 262 g/mol. The lowest BCUT2D eigenvalue weighted by molar-refractivity contribution is -0.482. The highest BCUT2D eigenvalue weighted by Gasteiger charge is 2.20. The van der Waals surface area contributed by atoms with Crippen LogP contribution >= 0.6 is 0 Å². The lowest BCUT2D eigenvalue weighted by atomic mass is 10.2. The van der Waals surface area contributed by atoms with Crippen LogP contribution in [0.15, 0.2) is 47.1 Å². The largest absolute Gasteiger partial charge is 0.497 e. The van der Waals surface area contributed by atoms with E-state index in [2.05, 4.69) is 5.32 Å². The molecule has 0 bridgehead atoms. The van der Waals surface area contributed by atoms with E-state index in [1.54, 1.807) is 31.4 Å². The number of methoxy groups -OCH3 is 1. The molecule has 2 rings (SSSR count). The fourth-order valence-electron chi connectivity index (χ4n) is 1.76. The summed E-state index contributed by atoms with van der Waals surface area (Å²) in [6, 6.07) is 10.1. The maximum absolute atomic E-state index is 10.7. The first kappa shape index (κ1) is 12.9. The maximum Gasteiger partial charge on any atom is 0.231 e. The first-order valence-corrected chi connectivity index (χ1v) is 5.75. The first-order valence-electron chi connectivity index (χ1n) is 5.75. The van der Waals surface area contributed by atoms with Gasteiger partial charge >= 0.3 is 0 Å². The van der Waals surface area contributed by atoms with Gasteiger partial charge in [0, 0.05) is 16.7 Å². The molecule has 0 radical (unpaired) electrons. The number of nitrogens with one attached hydrogen (secondary N) is 1. The Labute approximate surface area is 110 Å². The van der Waals surface area contributed by atoms with Gasteiger partial charge in [0.05, 0.1) is 13.4 Å². The summed E-state index contributed by atoms with van der Waals surface area (Å²) in [5, 5.41) is 13.8. The molecule has 0 spiro atoms. The van der Waals surface area contributed by atoms with Crippen LogP contribution in [0.25, 0.3) is 0 Å². The van der Waals surface area contributed by atoms with Gasteiger partial charge in [-0.1, -0.05) is 6.07 Å². The Morgan fingerprint density at radius 3 is 2.89 bits per heavy atom. The van der Waals surface area contributed by atoms with E-state index in [4.69, 9.17) is 9.15 Å². The van der Waals surface area contributed by atoms with Crippen LogP contribution in [0.5, 0.6) is 5.75 Å². The molecule has 0 fully saturated rings. The van der Waals surface area contributed by atoms with Crippen molar-refractivity contribution < 1.29 is 14.1 Å². The predicted octanol–water partition coefficient (Wildman–Crippen LogP) is 2.72. The molecule has 0 amide bonds. The van der Waals surface area contributed by atoms with Crippen LogP contribution in [0.1, 0.15) is 11.8 Å². The molecule has 0 saturated carbocycles. The minimum atomic E-state index is -0.517. The van der Waals surface area contributed by atoms with Gasteiger partial charge in [0.2, 0.25) is 6.54 Å². The molecular formula is C13H14N2O4. The van der Waals surface area contributed by atoms with Crippen molar-refractivity contribution in [2.24, 2.45) is 0 Å². The van der Waals surface area contributed by atoms with Crippen LogP contribution in [0.4, 0.5) is 5.69 Å². The Morgan fingerprint density at radius 2 is 2.26 bits per heavy atom. The minimum Gasteiger partial charge on any atom is -0.497 e. The molecule has 0 aliphatic rings. The zero-order valence-corrected chi connectivity index (χ0v) is 10.4. The summed E-state index contributed by atoms with van der Waals surface area (Å²) in [6.07, 6.45) is 1.50. The van der Waals surface area contributed by atoms with Gasteiger partial charge in [-0.2, -0.15) is 0 Å². The lowest BCUT2D eigenvalue weighted by Crippen LogP contribution is -2.19. The Morgan fingerprint density at radius 1 is 1.42 bits per heavy atom. The maximum atomic E-state index is 10.7. The highest BCUT2D eigenvalue weighted by Crippen LogP contribution is 2.23. The summed E-state index contributed by atoms with van der Waals surface area (Å²) in [4.78, 5) is 10.3. The smallest absolute Gasteiger partial charge is 0.231 e. The molecule has 0 aliphatic carbocycles. The first-order chi connectivity index (χ1) is 9.19. The summed E-state index contributed by atoms with van der Waals surface area (Å²) < 4.78 is 10.3. The van der Waals surface area contributed by atoms with E-state index in [0.29, 0.717) is 11.5 Å². The van der Waals surface area contributed by atoms with Crippen LogP contribution in [-0.2, 0) is 0 Å². The number of nitro groups is 1. The number of furan rings is 1. The molecule has 1 aromatic heterocycles. The van der Waals surface area contributed by atoms with E-state index in [1.165, 1.54) is 6.26 Å². The molecule has 1 atom stereocenters. The van der Waals surface area contributed by atoms with Gasteiger partial charge in [-0.3, -0.25) is 10.1 Å². The molecule has 0 saturated heterocycles. The number of hydrogen-bond donors (Lipinski definition) is 1. The fourth-order valence-corrected chi connectivity index (χ4v) is 1.76. The Balaban J connectivity index is 2.17. The summed E-state index contributed by atoms with van der Waals surface area (Å²) >= 11 is 0. The molecule has 2 aromatic rings. The van der Waals surface area contributed by atoms with E-state index in [1.807, 2.05) is 12.1 Å². The number of ether oxygens (including phenoxy) is 1. The Hall–Kier alpha value is -2.50. The van der Waals surface area contributed by atoms with Gasteiger partial charge in [-0.25, -0.2) is 0 Å². The number of anilines is 1. The Bertz CT molecular complexity index is 539. The van der Waals surface area contributed by atoms with Crippen molar-refractivity contribution in [2.45, 2.75) is 6.04 Å². The minimum absolute atomic E-state index is 0.259. The van der Waals surface area contributed by atoms with Crippen LogP contribution in [0, 0.1) is 10.1 Å². The summed E-state index contributed by atoms with van der Waals surface area (Å²) in [5.41, 5.74) is 0.739. The van der Waals surface area contributed by atoms with Crippen LogP contribution < -0.4 is 10.1 Å². The molecule has 1 heterocycles. The molecule has 100 valence electrons. The van der Waals surface area contributed by atoms with Crippen molar-refractivity contribution in [3.05, 3.63) is 58.5 Å². The summed E-state index contributed by atoms with van der Waals surface area (Å²) in [5.74, 6) is 1.21. The van der Waals surface area contributed by atoms with E-state index in [0.717, 1.165) is 5.69 Å². The molecule has 6 nitrogen and oxygen atoms in total. The van der Waals surface area contributed by atoms with Gasteiger partial charge in [-0.15, -0.1) is 0 Å². The van der Waals surface area contributed by atoms with Crippen molar-refractivity contribution >= 4 is 5.69 Å². The standard InChI is InChI=1S/C13H14N2O4/c1-18-11-5-2-4-10(8-11)14-12(9-15(16)17)13-6-3-7-19-13/h2-8,12,14H,9H2,1H3. The zero-order chi connectivity index (χ0) is 13.7. The molecule has 1 unspecified atom stereocenters. The highest BCUT2D eigenvalue weighted by molar-refractivity contribution is 5.49. The fraction of sp³-hybridized carbons (Fsp3) is 0.231. The summed E-state index contributed by atoms with van der Waals surface area (Å²) in [6.45, 7) is -0.259. The monoisotopic (exact) mass is 262 g/mol. The molecule has 1 aromatic carbocycles. The number of rotatable bonds is 6. The van der Waals surface area contributed by atoms with E-state index in [-0.39, 0.29) is 11.5 Å². The normalized spacial score (nSPS) is 11.8. The van der Waals surface area contributed by atoms with Crippen molar-refractivity contribution in [2.75, 3.05) is 19.0 Å². The number of nitrogens with zero attached hydrogens (tertiary/aromatic N) is 1. The quantitative estimate of drug-likeness (QED) is 0.639. The van der Waals surface area contributed by atoms with Gasteiger partial charge in [0.15, 0.2) is 0 Å². The van der Waals surface area contributed by atoms with Crippen LogP contribution in [-0.4, -0.2) is 18.6 Å². The van der Waals surface area contributed by atoms with Crippen LogP contribution in [0.2, 0.25) is 0 Å². The Kier molecular flexibility index (Phi) is 4.02. The van der Waals surface area contributed by atoms with Gasteiger partial charge in [0.25, 0.3) is 0 Å². The highest BCUT2D eigenvalue weighted by atomic mass is 16.6. The van der Waals surface area contributed by atoms with Gasteiger partial charge in [0.1, 0.15) is 17.6 Å². The zero-order valence-electron chi connectivity index (χ0n) is 10.4. The molecule has 19 heavy (non-hydrogen) atoms. The van der Waals surface area contributed by atoms with E-state index < -0.39 is 6.04 Å². The lowest BCUT2D eigenvalue weighted by Gasteiger charge is -2.14. The van der Waals surface area contributed by atoms with Crippen molar-refractivity contribution in [1.82, 2.24) is 0 Å². The molecular weight excluding hydrogens is 248 g/mol. The van der Waals surface area contributed by atoms with Crippen molar-refractivity contribution in [3.63, 3.8) is 0 Å². The van der Waals surface area contributed by atoms with Crippen molar-refractivity contribution in [1.29, 1.82) is 0 Å². The van der Waals surface area contributed by atoms with Crippen molar-refractivity contribution in [3.8, 4) is 5.75 Å². The second kappa shape index (κ2) is 5.90. The topological polar surface area (TPSA) is 77.5 Å².